The second kappa shape index (κ2) is 3.86. The summed E-state index contributed by atoms with van der Waals surface area (Å²) >= 11 is 6.34. The molecule has 0 bridgehead atoms. The molecule has 0 amide bonds. The van der Waals surface area contributed by atoms with Gasteiger partial charge in [0.25, 0.3) is 0 Å². The number of aryl methyl sites for hydroxylation is 1. The van der Waals surface area contributed by atoms with E-state index in [1.807, 2.05) is 12.2 Å². The Morgan fingerprint density at radius 2 is 2.00 bits per heavy atom. The Bertz CT molecular complexity index is 429. The lowest BCUT2D eigenvalue weighted by Gasteiger charge is -2.32. The van der Waals surface area contributed by atoms with Crippen LogP contribution in [0.25, 0.3) is 0 Å². The first-order valence-electron chi connectivity index (χ1n) is 5.23. The highest BCUT2D eigenvalue weighted by molar-refractivity contribution is 6.31. The summed E-state index contributed by atoms with van der Waals surface area (Å²) in [5, 5.41) is 0.930. The molecule has 0 saturated carbocycles. The summed E-state index contributed by atoms with van der Waals surface area (Å²) in [4.78, 5) is 0. The van der Waals surface area contributed by atoms with Crippen LogP contribution in [0.2, 0.25) is 0 Å². The van der Waals surface area contributed by atoms with Gasteiger partial charge in [0.1, 0.15) is 0 Å². The molecule has 15 heavy (non-hydrogen) atoms. The fourth-order valence-electron chi connectivity index (χ4n) is 2.17. The van der Waals surface area contributed by atoms with Crippen LogP contribution >= 0.6 is 11.6 Å². The number of hydrogen-bond donors (Lipinski definition) is 0. The fraction of sp³-hybridized carbons (Fsp3) is 0.286. The summed E-state index contributed by atoms with van der Waals surface area (Å²) in [7, 11) is 0. The van der Waals surface area contributed by atoms with Gasteiger partial charge in [0.2, 0.25) is 0 Å². The van der Waals surface area contributed by atoms with Crippen molar-refractivity contribution in [1.29, 1.82) is 0 Å². The molecule has 0 N–H and O–H groups in total. The highest BCUT2D eigenvalue weighted by atomic mass is 35.5. The van der Waals surface area contributed by atoms with E-state index in [0.29, 0.717) is 0 Å². The van der Waals surface area contributed by atoms with Crippen molar-refractivity contribution >= 4 is 11.6 Å². The topological polar surface area (TPSA) is 0 Å². The molecule has 78 valence electrons. The normalized spacial score (nSPS) is 25.1. The van der Waals surface area contributed by atoms with Crippen LogP contribution in [-0.2, 0) is 5.41 Å². The van der Waals surface area contributed by atoms with Gasteiger partial charge in [-0.25, -0.2) is 0 Å². The third kappa shape index (κ3) is 1.74. The van der Waals surface area contributed by atoms with E-state index in [4.69, 9.17) is 11.6 Å². The number of hydrogen-bond acceptors (Lipinski definition) is 0. The molecule has 0 heterocycles. The van der Waals surface area contributed by atoms with Crippen LogP contribution in [0, 0.1) is 6.92 Å². The summed E-state index contributed by atoms with van der Waals surface area (Å²) in [6, 6.07) is 8.46. The van der Waals surface area contributed by atoms with Gasteiger partial charge in [-0.3, -0.25) is 0 Å². The van der Waals surface area contributed by atoms with Gasteiger partial charge >= 0.3 is 0 Å². The van der Waals surface area contributed by atoms with Crippen molar-refractivity contribution in [2.75, 3.05) is 0 Å². The SMILES string of the molecule is Cc1ccccc1C1(C)CC=CC=C1Cl. The summed E-state index contributed by atoms with van der Waals surface area (Å²) in [6.07, 6.45) is 7.19. The number of halogens is 1. The number of allylic oxidation sites excluding steroid dienone is 4. The predicted octanol–water partition coefficient (Wildman–Crippen LogP) is 4.34. The van der Waals surface area contributed by atoms with Gasteiger partial charge in [-0.2, -0.15) is 0 Å². The monoisotopic (exact) mass is 218 g/mol. The standard InChI is InChI=1S/C14H15Cl/c1-11-7-3-4-8-12(11)14(2)10-6-5-9-13(14)15/h3-9H,10H2,1-2H3. The highest BCUT2D eigenvalue weighted by Crippen LogP contribution is 2.41. The van der Waals surface area contributed by atoms with Crippen LogP contribution in [0.3, 0.4) is 0 Å². The van der Waals surface area contributed by atoms with E-state index in [1.165, 1.54) is 11.1 Å². The van der Waals surface area contributed by atoms with E-state index in [1.54, 1.807) is 0 Å². The zero-order valence-electron chi connectivity index (χ0n) is 9.13. The molecular formula is C14H15Cl. The Labute approximate surface area is 96.3 Å². The van der Waals surface area contributed by atoms with E-state index in [0.717, 1.165) is 11.5 Å². The van der Waals surface area contributed by atoms with Crippen molar-refractivity contribution in [1.82, 2.24) is 0 Å². The first kappa shape index (κ1) is 10.5. The van der Waals surface area contributed by atoms with E-state index < -0.39 is 0 Å². The van der Waals surface area contributed by atoms with Crippen LogP contribution in [-0.4, -0.2) is 0 Å². The molecule has 2 rings (SSSR count). The van der Waals surface area contributed by atoms with Crippen LogP contribution in [0.1, 0.15) is 24.5 Å². The molecule has 0 saturated heterocycles. The van der Waals surface area contributed by atoms with E-state index in [9.17, 15) is 0 Å². The summed E-state index contributed by atoms with van der Waals surface area (Å²) in [6.45, 7) is 4.35. The Morgan fingerprint density at radius 3 is 2.67 bits per heavy atom. The van der Waals surface area contributed by atoms with E-state index in [2.05, 4.69) is 44.2 Å². The quantitative estimate of drug-likeness (QED) is 0.658. The summed E-state index contributed by atoms with van der Waals surface area (Å²) < 4.78 is 0. The lowest BCUT2D eigenvalue weighted by atomic mass is 9.75. The molecular weight excluding hydrogens is 204 g/mol. The molecule has 0 aromatic heterocycles. The molecule has 0 nitrogen and oxygen atoms in total. The first-order valence-corrected chi connectivity index (χ1v) is 5.61. The van der Waals surface area contributed by atoms with Crippen molar-refractivity contribution in [3.63, 3.8) is 0 Å². The molecule has 1 heteroatoms. The van der Waals surface area contributed by atoms with Crippen LogP contribution in [0.5, 0.6) is 0 Å². The van der Waals surface area contributed by atoms with Crippen molar-refractivity contribution in [3.05, 3.63) is 58.7 Å². The maximum atomic E-state index is 6.34. The Kier molecular flexibility index (Phi) is 2.70. The zero-order chi connectivity index (χ0) is 10.9. The molecule has 1 aromatic carbocycles. The van der Waals surface area contributed by atoms with Crippen molar-refractivity contribution in [3.8, 4) is 0 Å². The van der Waals surface area contributed by atoms with Gasteiger partial charge in [0.15, 0.2) is 0 Å². The molecule has 0 fully saturated rings. The van der Waals surface area contributed by atoms with Gasteiger partial charge in [-0.05, 0) is 30.5 Å². The summed E-state index contributed by atoms with van der Waals surface area (Å²) in [5.74, 6) is 0. The smallest absolute Gasteiger partial charge is 0.0319 e. The van der Waals surface area contributed by atoms with E-state index in [-0.39, 0.29) is 5.41 Å². The first-order chi connectivity index (χ1) is 7.14. The lowest BCUT2D eigenvalue weighted by molar-refractivity contribution is 0.583. The highest BCUT2D eigenvalue weighted by Gasteiger charge is 2.31. The zero-order valence-corrected chi connectivity index (χ0v) is 9.88. The second-order valence-corrected chi connectivity index (χ2v) is 4.70. The minimum atomic E-state index is -0.0400. The number of benzene rings is 1. The largest absolute Gasteiger partial charge is 0.0882 e. The fourth-order valence-corrected chi connectivity index (χ4v) is 2.42. The van der Waals surface area contributed by atoms with Gasteiger partial charge < -0.3 is 0 Å². The van der Waals surface area contributed by atoms with Gasteiger partial charge in [-0.15, -0.1) is 0 Å². The van der Waals surface area contributed by atoms with Crippen molar-refractivity contribution in [2.24, 2.45) is 0 Å². The van der Waals surface area contributed by atoms with Gasteiger partial charge in [-0.1, -0.05) is 54.9 Å². The maximum absolute atomic E-state index is 6.34. The van der Waals surface area contributed by atoms with Gasteiger partial charge in [0.05, 0.1) is 0 Å². The third-order valence-corrected chi connectivity index (χ3v) is 3.71. The Morgan fingerprint density at radius 1 is 1.27 bits per heavy atom. The molecule has 1 aliphatic carbocycles. The molecule has 1 aliphatic rings. The third-order valence-electron chi connectivity index (χ3n) is 3.17. The van der Waals surface area contributed by atoms with Gasteiger partial charge in [0, 0.05) is 10.4 Å². The Balaban J connectivity index is 2.51. The Hall–Kier alpha value is -1.01. The van der Waals surface area contributed by atoms with Crippen LogP contribution < -0.4 is 0 Å². The number of rotatable bonds is 1. The molecule has 1 atom stereocenters. The summed E-state index contributed by atoms with van der Waals surface area (Å²) in [5.41, 5.74) is 2.60. The molecule has 1 aromatic rings. The molecule has 0 aliphatic heterocycles. The average Bonchev–Trinajstić information content (AvgIpc) is 2.23. The van der Waals surface area contributed by atoms with Crippen molar-refractivity contribution in [2.45, 2.75) is 25.7 Å². The lowest BCUT2D eigenvalue weighted by Crippen LogP contribution is -2.24. The van der Waals surface area contributed by atoms with Crippen LogP contribution in [0.15, 0.2) is 47.5 Å². The second-order valence-electron chi connectivity index (χ2n) is 4.29. The predicted molar refractivity (Wildman–Crippen MR) is 66.2 cm³/mol. The minimum absolute atomic E-state index is 0.0400. The van der Waals surface area contributed by atoms with Crippen molar-refractivity contribution < 1.29 is 0 Å². The minimum Gasteiger partial charge on any atom is -0.0882 e. The molecule has 1 unspecified atom stereocenters. The molecule has 0 radical (unpaired) electrons. The maximum Gasteiger partial charge on any atom is 0.0319 e. The average molecular weight is 219 g/mol. The molecule has 0 spiro atoms. The van der Waals surface area contributed by atoms with E-state index >= 15 is 0 Å². The van der Waals surface area contributed by atoms with Crippen LogP contribution in [0.4, 0.5) is 0 Å².